The molecule has 0 aliphatic carbocycles. The second-order valence-electron chi connectivity index (χ2n) is 2.66. The van der Waals surface area contributed by atoms with Gasteiger partial charge in [0.1, 0.15) is 0 Å². The third-order valence-corrected chi connectivity index (χ3v) is 2.67. The summed E-state index contributed by atoms with van der Waals surface area (Å²) in [5.41, 5.74) is 1.01. The van der Waals surface area contributed by atoms with Gasteiger partial charge in [-0.2, -0.15) is 0 Å². The van der Waals surface area contributed by atoms with E-state index >= 15 is 0 Å². The van der Waals surface area contributed by atoms with Gasteiger partial charge in [0.25, 0.3) is 9.05 Å². The molecule has 0 fully saturated rings. The minimum absolute atomic E-state index is 0. The molecule has 0 unspecified atom stereocenters. The first-order valence-electron chi connectivity index (χ1n) is 3.68. The van der Waals surface area contributed by atoms with Gasteiger partial charge in [-0.1, -0.05) is 17.7 Å². The smallest absolute Gasteiger partial charge is 0.759 e. The summed E-state index contributed by atoms with van der Waals surface area (Å²) in [6.07, 6.45) is 0. The van der Waals surface area contributed by atoms with E-state index in [1.54, 1.807) is 12.1 Å². The predicted molar refractivity (Wildman–Crippen MR) is 54.7 cm³/mol. The Morgan fingerprint density at radius 3 is 1.44 bits per heavy atom. The van der Waals surface area contributed by atoms with Gasteiger partial charge in [-0.15, -0.1) is 0 Å². The molecule has 0 saturated heterocycles. The van der Waals surface area contributed by atoms with Crippen LogP contribution in [0.3, 0.4) is 0 Å². The molecule has 112 valence electrons. The van der Waals surface area contributed by atoms with Crippen LogP contribution in [0.25, 0.3) is 0 Å². The van der Waals surface area contributed by atoms with Gasteiger partial charge in [0.05, 0.1) is 4.90 Å². The maximum absolute atomic E-state index is 10.7. The molecule has 0 aromatic heterocycles. The molecule has 1 aromatic carbocycles. The zero-order chi connectivity index (χ0) is 13.0. The normalized spacial score (nSPS) is 10.2. The summed E-state index contributed by atoms with van der Waals surface area (Å²) < 4.78 is 55.5. The SMILES string of the molecule is Cc1ccc(S(=O)(=O)Cl)cc1.O=S(=O)([O-])[O-].[Ag+].[Ag+]. The van der Waals surface area contributed by atoms with E-state index in [0.29, 0.717) is 0 Å². The van der Waals surface area contributed by atoms with Crippen molar-refractivity contribution in [1.82, 2.24) is 0 Å². The molecule has 0 atom stereocenters. The number of hydrogen-bond acceptors (Lipinski definition) is 6. The fourth-order valence-corrected chi connectivity index (χ4v) is 1.47. The Morgan fingerprint density at radius 1 is 0.944 bits per heavy atom. The summed E-state index contributed by atoms with van der Waals surface area (Å²) in [5.74, 6) is 0. The first kappa shape index (κ1) is 23.9. The Hall–Kier alpha value is 0.811. The van der Waals surface area contributed by atoms with Crippen LogP contribution in [0.2, 0.25) is 0 Å². The van der Waals surface area contributed by atoms with Crippen LogP contribution in [0.4, 0.5) is 0 Å². The van der Waals surface area contributed by atoms with Gasteiger partial charge < -0.3 is 9.11 Å². The summed E-state index contributed by atoms with van der Waals surface area (Å²) in [6.45, 7) is 1.88. The van der Waals surface area contributed by atoms with Crippen molar-refractivity contribution in [2.24, 2.45) is 0 Å². The molecular weight excluding hydrogens is 495 g/mol. The fourth-order valence-electron chi connectivity index (χ4n) is 0.701. The van der Waals surface area contributed by atoms with Crippen molar-refractivity contribution in [3.63, 3.8) is 0 Å². The standard InChI is InChI=1S/C7H7ClO2S.2Ag.H2O4S/c1-6-2-4-7(5-3-6)11(8,9)10;;;1-5(2,3)4/h2-5H,1H3;;;(H2,1,2,3,4)/q;2*+1;/p-2. The van der Waals surface area contributed by atoms with Crippen molar-refractivity contribution in [3.8, 4) is 0 Å². The molecule has 0 N–H and O–H groups in total. The summed E-state index contributed by atoms with van der Waals surface area (Å²) >= 11 is 0. The van der Waals surface area contributed by atoms with Crippen LogP contribution >= 0.6 is 10.7 Å². The molecule has 0 saturated carbocycles. The van der Waals surface area contributed by atoms with E-state index in [-0.39, 0.29) is 49.7 Å². The molecule has 0 amide bonds. The molecular formula is C7H7Ag2ClO6S2. The van der Waals surface area contributed by atoms with Gasteiger partial charge >= 0.3 is 44.8 Å². The van der Waals surface area contributed by atoms with Crippen molar-refractivity contribution in [1.29, 1.82) is 0 Å². The molecule has 1 rings (SSSR count). The van der Waals surface area contributed by atoms with Gasteiger partial charge in [0.15, 0.2) is 0 Å². The van der Waals surface area contributed by atoms with Gasteiger partial charge in [-0.3, -0.25) is 8.42 Å². The maximum atomic E-state index is 10.7. The van der Waals surface area contributed by atoms with Gasteiger partial charge in [-0.05, 0) is 19.1 Å². The molecule has 18 heavy (non-hydrogen) atoms. The van der Waals surface area contributed by atoms with Crippen LogP contribution in [0.5, 0.6) is 0 Å². The van der Waals surface area contributed by atoms with Crippen LogP contribution in [-0.4, -0.2) is 25.9 Å². The van der Waals surface area contributed by atoms with Crippen LogP contribution in [0, 0.1) is 6.92 Å². The van der Waals surface area contributed by atoms with Crippen molar-refractivity contribution in [3.05, 3.63) is 29.8 Å². The minimum Gasteiger partial charge on any atom is -0.759 e. The predicted octanol–water partition coefficient (Wildman–Crippen LogP) is 0.580. The zero-order valence-electron chi connectivity index (χ0n) is 8.56. The molecule has 0 spiro atoms. The number of aryl methyl sites for hydroxylation is 1. The molecule has 0 bridgehead atoms. The Labute approximate surface area is 141 Å². The van der Waals surface area contributed by atoms with Crippen molar-refractivity contribution in [2.75, 3.05) is 0 Å². The largest absolute Gasteiger partial charge is 1.00 e. The van der Waals surface area contributed by atoms with Crippen LogP contribution in [0.1, 0.15) is 5.56 Å². The van der Waals surface area contributed by atoms with Crippen LogP contribution < -0.4 is 0 Å². The number of hydrogen-bond donors (Lipinski definition) is 0. The molecule has 0 radical (unpaired) electrons. The third kappa shape index (κ3) is 14.9. The quantitative estimate of drug-likeness (QED) is 0.240. The van der Waals surface area contributed by atoms with E-state index in [4.69, 9.17) is 28.2 Å². The van der Waals surface area contributed by atoms with Crippen LogP contribution in [-0.2, 0) is 64.2 Å². The number of rotatable bonds is 1. The molecule has 6 nitrogen and oxygen atoms in total. The molecule has 11 heteroatoms. The molecule has 0 aliphatic rings. The van der Waals surface area contributed by atoms with E-state index in [1.807, 2.05) is 6.92 Å². The number of benzene rings is 1. The van der Waals surface area contributed by atoms with Crippen molar-refractivity contribution in [2.45, 2.75) is 11.8 Å². The monoisotopic (exact) mass is 500 g/mol. The first-order valence-corrected chi connectivity index (χ1v) is 7.32. The van der Waals surface area contributed by atoms with Gasteiger partial charge in [0, 0.05) is 21.1 Å². The summed E-state index contributed by atoms with van der Waals surface area (Å²) in [6, 6.07) is 6.37. The van der Waals surface area contributed by atoms with Gasteiger partial charge in [0.2, 0.25) is 0 Å². The van der Waals surface area contributed by atoms with E-state index in [0.717, 1.165) is 5.56 Å². The maximum Gasteiger partial charge on any atom is 1.00 e. The fraction of sp³-hybridized carbons (Fsp3) is 0.143. The Bertz CT molecular complexity index is 532. The minimum atomic E-state index is -5.17. The van der Waals surface area contributed by atoms with Crippen molar-refractivity contribution < 1.29 is 70.7 Å². The van der Waals surface area contributed by atoms with E-state index < -0.39 is 19.4 Å². The van der Waals surface area contributed by atoms with E-state index in [9.17, 15) is 8.42 Å². The molecule has 0 aliphatic heterocycles. The second-order valence-corrected chi connectivity index (χ2v) is 6.04. The Morgan fingerprint density at radius 2 is 1.22 bits per heavy atom. The number of halogens is 1. The molecule has 0 heterocycles. The average molecular weight is 502 g/mol. The Kier molecular flexibility index (Phi) is 12.8. The van der Waals surface area contributed by atoms with Crippen LogP contribution in [0.15, 0.2) is 29.2 Å². The first-order chi connectivity index (χ1) is 7.00. The second kappa shape index (κ2) is 9.67. The molecule has 1 aromatic rings. The van der Waals surface area contributed by atoms with E-state index in [1.165, 1.54) is 12.1 Å². The summed E-state index contributed by atoms with van der Waals surface area (Å²) in [7, 11) is -3.63. The average Bonchev–Trinajstić information content (AvgIpc) is 1.99. The summed E-state index contributed by atoms with van der Waals surface area (Å²) in [5, 5.41) is 0. The van der Waals surface area contributed by atoms with Crippen molar-refractivity contribution >= 4 is 30.1 Å². The zero-order valence-corrected chi connectivity index (χ0v) is 13.9. The van der Waals surface area contributed by atoms with E-state index in [2.05, 4.69) is 0 Å². The third-order valence-electron chi connectivity index (χ3n) is 1.30. The van der Waals surface area contributed by atoms with Gasteiger partial charge in [-0.25, -0.2) is 8.42 Å². The summed E-state index contributed by atoms with van der Waals surface area (Å²) in [4.78, 5) is 0.143. The Balaban J connectivity index is -0.000000282. The topological polar surface area (TPSA) is 114 Å².